The van der Waals surface area contributed by atoms with Gasteiger partial charge in [0.25, 0.3) is 5.91 Å². The molecule has 0 unspecified atom stereocenters. The van der Waals surface area contributed by atoms with Gasteiger partial charge in [-0.05, 0) is 31.4 Å². The molecule has 24 heavy (non-hydrogen) atoms. The maximum atomic E-state index is 12.5. The van der Waals surface area contributed by atoms with E-state index < -0.39 is 5.41 Å². The van der Waals surface area contributed by atoms with Crippen molar-refractivity contribution in [2.45, 2.75) is 46.5 Å². The van der Waals surface area contributed by atoms with Gasteiger partial charge in [-0.2, -0.15) is 0 Å². The Bertz CT molecular complexity index is 784. The summed E-state index contributed by atoms with van der Waals surface area (Å²) in [6.45, 7) is 7.41. The number of carbonyl (C=O) groups excluding carboxylic acids is 2. The van der Waals surface area contributed by atoms with Crippen molar-refractivity contribution in [3.63, 3.8) is 0 Å². The van der Waals surface area contributed by atoms with Crippen molar-refractivity contribution in [3.8, 4) is 0 Å². The third kappa shape index (κ3) is 3.81. The lowest BCUT2D eigenvalue weighted by atomic mass is 9.96. The van der Waals surface area contributed by atoms with E-state index in [0.29, 0.717) is 20.9 Å². The summed E-state index contributed by atoms with van der Waals surface area (Å²) < 4.78 is 0. The molecule has 0 radical (unpaired) electrons. The number of nitrogens with one attached hydrogen (secondary N) is 2. The molecule has 2 aromatic heterocycles. The molecule has 0 bridgehead atoms. The Balaban J connectivity index is 1.69. The van der Waals surface area contributed by atoms with E-state index in [0.717, 1.165) is 23.4 Å². The van der Waals surface area contributed by atoms with Crippen LogP contribution in [0.5, 0.6) is 0 Å². The van der Waals surface area contributed by atoms with Crippen LogP contribution in [0.25, 0.3) is 0 Å². The quantitative estimate of drug-likeness (QED) is 0.858. The molecule has 0 aromatic carbocycles. The van der Waals surface area contributed by atoms with E-state index in [1.165, 1.54) is 22.7 Å². The van der Waals surface area contributed by atoms with Crippen molar-refractivity contribution < 1.29 is 9.59 Å². The predicted molar refractivity (Wildman–Crippen MR) is 97.0 cm³/mol. The van der Waals surface area contributed by atoms with Crippen LogP contribution in [0.15, 0.2) is 6.07 Å². The molecule has 0 spiro atoms. The van der Waals surface area contributed by atoms with Gasteiger partial charge in [0.15, 0.2) is 0 Å². The summed E-state index contributed by atoms with van der Waals surface area (Å²) in [7, 11) is 0. The number of amides is 2. The zero-order valence-corrected chi connectivity index (χ0v) is 15.7. The first kappa shape index (κ1) is 17.0. The van der Waals surface area contributed by atoms with E-state index in [2.05, 4.69) is 20.8 Å². The Labute approximate surface area is 148 Å². The van der Waals surface area contributed by atoms with Crippen molar-refractivity contribution in [3.05, 3.63) is 21.5 Å². The monoisotopic (exact) mass is 364 g/mol. The molecule has 1 aliphatic rings. The zero-order valence-electron chi connectivity index (χ0n) is 14.1. The second kappa shape index (κ2) is 6.25. The van der Waals surface area contributed by atoms with E-state index >= 15 is 0 Å². The predicted octanol–water partition coefficient (Wildman–Crippen LogP) is 4.02. The Kier molecular flexibility index (Phi) is 4.44. The highest BCUT2D eigenvalue weighted by Gasteiger charge is 2.28. The average molecular weight is 364 g/mol. The number of nitrogens with zero attached hydrogens (tertiary/aromatic N) is 2. The first-order valence-corrected chi connectivity index (χ1v) is 9.44. The summed E-state index contributed by atoms with van der Waals surface area (Å²) in [6.07, 6.45) is 2.31. The first-order valence-electron chi connectivity index (χ1n) is 7.80. The maximum absolute atomic E-state index is 12.5. The lowest BCUT2D eigenvalue weighted by molar-refractivity contribution is -0.123. The molecule has 1 fully saturated rings. The second-order valence-electron chi connectivity index (χ2n) is 7.00. The molecule has 1 saturated carbocycles. The Morgan fingerprint density at radius 1 is 1.17 bits per heavy atom. The molecule has 2 aromatic rings. The highest BCUT2D eigenvalue weighted by molar-refractivity contribution is 7.18. The van der Waals surface area contributed by atoms with Gasteiger partial charge in [0.05, 0.1) is 9.88 Å². The SMILES string of the molecule is Cc1cc(NC(=O)C(C)(C)C)sc1C(=O)Nc1nnc(C2CC2)s1. The molecule has 2 amide bonds. The molecule has 0 aliphatic heterocycles. The van der Waals surface area contributed by atoms with E-state index in [-0.39, 0.29) is 11.8 Å². The van der Waals surface area contributed by atoms with Crippen LogP contribution in [0.3, 0.4) is 0 Å². The number of hydrogen-bond donors (Lipinski definition) is 2. The molecule has 0 saturated heterocycles. The Morgan fingerprint density at radius 3 is 2.50 bits per heavy atom. The fourth-order valence-corrected chi connectivity index (χ4v) is 3.87. The van der Waals surface area contributed by atoms with Crippen LogP contribution in [0.1, 0.15) is 59.8 Å². The third-order valence-corrected chi connectivity index (χ3v) is 5.78. The van der Waals surface area contributed by atoms with Crippen molar-refractivity contribution in [2.75, 3.05) is 10.6 Å². The summed E-state index contributed by atoms with van der Waals surface area (Å²) in [4.78, 5) is 25.1. The van der Waals surface area contributed by atoms with Crippen LogP contribution in [-0.2, 0) is 4.79 Å². The summed E-state index contributed by atoms with van der Waals surface area (Å²) >= 11 is 2.70. The summed E-state index contributed by atoms with van der Waals surface area (Å²) in [5.74, 6) is 0.233. The van der Waals surface area contributed by atoms with Gasteiger partial charge in [-0.25, -0.2) is 0 Å². The van der Waals surface area contributed by atoms with Gasteiger partial charge in [-0.1, -0.05) is 32.1 Å². The normalized spacial score (nSPS) is 14.5. The maximum Gasteiger partial charge on any atom is 0.267 e. The van der Waals surface area contributed by atoms with E-state index in [9.17, 15) is 9.59 Å². The zero-order chi connectivity index (χ0) is 17.5. The second-order valence-corrected chi connectivity index (χ2v) is 9.06. The van der Waals surface area contributed by atoms with Crippen LogP contribution in [0, 0.1) is 12.3 Å². The topological polar surface area (TPSA) is 84.0 Å². The molecule has 1 aliphatic carbocycles. The number of hydrogen-bond acceptors (Lipinski definition) is 6. The third-order valence-electron chi connectivity index (χ3n) is 3.63. The minimum atomic E-state index is -0.480. The number of rotatable bonds is 4. The van der Waals surface area contributed by atoms with Gasteiger partial charge in [0, 0.05) is 11.3 Å². The van der Waals surface area contributed by atoms with Crippen molar-refractivity contribution in [1.82, 2.24) is 10.2 Å². The average Bonchev–Trinajstić information content (AvgIpc) is 3.12. The number of thiophene rings is 1. The number of aryl methyl sites for hydroxylation is 1. The number of anilines is 2. The molecule has 6 nitrogen and oxygen atoms in total. The van der Waals surface area contributed by atoms with Gasteiger partial charge in [-0.3, -0.25) is 14.9 Å². The molecule has 2 heterocycles. The van der Waals surface area contributed by atoms with E-state index in [4.69, 9.17) is 0 Å². The fourth-order valence-electron chi connectivity index (χ4n) is 2.00. The Morgan fingerprint density at radius 2 is 1.88 bits per heavy atom. The largest absolute Gasteiger partial charge is 0.317 e. The standard InChI is InChI=1S/C16H20N4O2S2/c1-8-7-10(17-14(22)16(2,3)4)23-11(8)12(21)18-15-20-19-13(24-15)9-5-6-9/h7,9H,5-6H2,1-4H3,(H,17,22)(H,18,20,21). The van der Waals surface area contributed by atoms with Crippen molar-refractivity contribution in [1.29, 1.82) is 0 Å². The highest BCUT2D eigenvalue weighted by atomic mass is 32.1. The van der Waals surface area contributed by atoms with Gasteiger partial charge >= 0.3 is 0 Å². The minimum Gasteiger partial charge on any atom is -0.317 e. The highest BCUT2D eigenvalue weighted by Crippen LogP contribution is 2.42. The smallest absolute Gasteiger partial charge is 0.267 e. The van der Waals surface area contributed by atoms with Gasteiger partial charge < -0.3 is 5.32 Å². The number of aromatic nitrogens is 2. The fraction of sp³-hybridized carbons (Fsp3) is 0.500. The Hall–Kier alpha value is -1.80. The molecule has 128 valence electrons. The van der Waals surface area contributed by atoms with Gasteiger partial charge in [-0.15, -0.1) is 21.5 Å². The van der Waals surface area contributed by atoms with Crippen LogP contribution < -0.4 is 10.6 Å². The van der Waals surface area contributed by atoms with Gasteiger partial charge in [0.1, 0.15) is 5.01 Å². The summed E-state index contributed by atoms with van der Waals surface area (Å²) in [5, 5.41) is 16.0. The van der Waals surface area contributed by atoms with Crippen molar-refractivity contribution >= 4 is 44.6 Å². The van der Waals surface area contributed by atoms with E-state index in [1.54, 1.807) is 0 Å². The minimum absolute atomic E-state index is 0.0751. The van der Waals surface area contributed by atoms with Crippen molar-refractivity contribution in [2.24, 2.45) is 5.41 Å². The molecular weight excluding hydrogens is 344 g/mol. The molecule has 2 N–H and O–H groups in total. The molecular formula is C16H20N4O2S2. The van der Waals surface area contributed by atoms with Crippen LogP contribution in [-0.4, -0.2) is 22.0 Å². The number of carbonyl (C=O) groups is 2. The van der Waals surface area contributed by atoms with Crippen LogP contribution in [0.2, 0.25) is 0 Å². The molecule has 0 atom stereocenters. The lowest BCUT2D eigenvalue weighted by Crippen LogP contribution is -2.27. The van der Waals surface area contributed by atoms with E-state index in [1.807, 2.05) is 33.8 Å². The molecule has 8 heteroatoms. The summed E-state index contributed by atoms with van der Waals surface area (Å²) in [6, 6.07) is 1.82. The first-order chi connectivity index (χ1) is 11.2. The van der Waals surface area contributed by atoms with Gasteiger partial charge in [0.2, 0.25) is 11.0 Å². The lowest BCUT2D eigenvalue weighted by Gasteiger charge is -2.16. The summed E-state index contributed by atoms with van der Waals surface area (Å²) in [5.41, 5.74) is 0.347. The van der Waals surface area contributed by atoms with Crippen LogP contribution >= 0.6 is 22.7 Å². The molecule has 3 rings (SSSR count). The van der Waals surface area contributed by atoms with Crippen LogP contribution in [0.4, 0.5) is 10.1 Å².